The molecule has 1 aromatic carbocycles. The molecule has 0 N–H and O–H groups in total. The lowest BCUT2D eigenvalue weighted by molar-refractivity contribution is 0.0684. The van der Waals surface area contributed by atoms with Crippen molar-refractivity contribution in [3.63, 3.8) is 0 Å². The normalized spacial score (nSPS) is 13.8. The zero-order valence-electron chi connectivity index (χ0n) is 16.0. The van der Waals surface area contributed by atoms with Crippen molar-refractivity contribution in [2.75, 3.05) is 5.88 Å². The number of benzene rings is 1. The van der Waals surface area contributed by atoms with Gasteiger partial charge in [-0.2, -0.15) is 0 Å². The van der Waals surface area contributed by atoms with Crippen LogP contribution in [-0.4, -0.2) is 32.1 Å². The van der Waals surface area contributed by atoms with E-state index < -0.39 is 0 Å². The van der Waals surface area contributed by atoms with E-state index in [1.165, 1.54) is 28.0 Å². The Hall–Kier alpha value is -2.45. The van der Waals surface area contributed by atoms with Crippen LogP contribution in [0.1, 0.15) is 51.0 Å². The van der Waals surface area contributed by atoms with Gasteiger partial charge in [0.1, 0.15) is 4.83 Å². The smallest absolute Gasteiger partial charge is 0.263 e. The van der Waals surface area contributed by atoms with Crippen LogP contribution >= 0.6 is 23.1 Å². The van der Waals surface area contributed by atoms with E-state index >= 15 is 0 Å². The Morgan fingerprint density at radius 1 is 1.07 bits per heavy atom. The van der Waals surface area contributed by atoms with Gasteiger partial charge in [0.15, 0.2) is 5.16 Å². The van der Waals surface area contributed by atoms with Gasteiger partial charge in [0.05, 0.1) is 22.4 Å². The highest BCUT2D eigenvalue weighted by Gasteiger charge is 2.35. The minimum Gasteiger partial charge on any atom is -0.284 e. The molecule has 0 saturated carbocycles. The summed E-state index contributed by atoms with van der Waals surface area (Å²) in [4.78, 5) is 45.9. The summed E-state index contributed by atoms with van der Waals surface area (Å²) in [6.07, 6.45) is 0. The van der Waals surface area contributed by atoms with Gasteiger partial charge in [0.2, 0.25) is 0 Å². The number of imide groups is 1. The van der Waals surface area contributed by atoms with Gasteiger partial charge >= 0.3 is 0 Å². The van der Waals surface area contributed by atoms with Crippen LogP contribution in [0.25, 0.3) is 10.2 Å². The van der Waals surface area contributed by atoms with E-state index in [4.69, 9.17) is 4.98 Å². The number of amides is 2. The Bertz CT molecular complexity index is 1160. The minimum absolute atomic E-state index is 0.0771. The number of thioether (sulfide) groups is 1. The summed E-state index contributed by atoms with van der Waals surface area (Å²) in [5.41, 5.74) is 1.72. The third-order valence-electron chi connectivity index (χ3n) is 4.92. The molecule has 144 valence electrons. The first-order chi connectivity index (χ1) is 13.3. The maximum absolute atomic E-state index is 13.1. The lowest BCUT2D eigenvalue weighted by Crippen LogP contribution is -2.30. The summed E-state index contributed by atoms with van der Waals surface area (Å²) >= 11 is 2.73. The Kier molecular flexibility index (Phi) is 4.63. The zero-order chi connectivity index (χ0) is 20.2. The van der Waals surface area contributed by atoms with E-state index in [9.17, 15) is 14.4 Å². The topological polar surface area (TPSA) is 72.3 Å². The Morgan fingerprint density at radius 2 is 1.68 bits per heavy atom. The van der Waals surface area contributed by atoms with Gasteiger partial charge in [-0.3, -0.25) is 23.9 Å². The molecule has 0 saturated heterocycles. The highest BCUT2D eigenvalue weighted by Crippen LogP contribution is 2.31. The van der Waals surface area contributed by atoms with Crippen LogP contribution in [0.2, 0.25) is 0 Å². The number of nitrogens with zero attached hydrogens (tertiary/aromatic N) is 3. The molecule has 0 radical (unpaired) electrons. The predicted octanol–water partition coefficient (Wildman–Crippen LogP) is 4.00. The van der Waals surface area contributed by atoms with Crippen molar-refractivity contribution >= 4 is 45.1 Å². The monoisotopic (exact) mass is 413 g/mol. The SMILES string of the molecule is Cc1sc2nc(SCN3C(=O)c4ccccc4C3=O)n(C(C)C)c(=O)c2c1C. The molecule has 2 amide bonds. The number of carbonyl (C=O) groups excluding carboxylic acids is 2. The van der Waals surface area contributed by atoms with Crippen molar-refractivity contribution in [3.8, 4) is 0 Å². The maximum Gasteiger partial charge on any atom is 0.263 e. The standard InChI is InChI=1S/C20H19N3O3S2/c1-10(2)23-19(26)15-11(3)12(4)28-16(15)21-20(23)27-9-22-17(24)13-7-5-6-8-14(13)18(22)25/h5-8,10H,9H2,1-4H3. The second-order valence-electron chi connectivity index (χ2n) is 6.98. The molecule has 0 fully saturated rings. The van der Waals surface area contributed by atoms with Crippen molar-refractivity contribution in [3.05, 3.63) is 56.2 Å². The largest absolute Gasteiger partial charge is 0.284 e. The fourth-order valence-electron chi connectivity index (χ4n) is 3.32. The molecule has 1 aliphatic heterocycles. The van der Waals surface area contributed by atoms with Crippen LogP contribution in [0, 0.1) is 13.8 Å². The molecule has 6 nitrogen and oxygen atoms in total. The average molecular weight is 414 g/mol. The van der Waals surface area contributed by atoms with Crippen LogP contribution < -0.4 is 5.56 Å². The van der Waals surface area contributed by atoms with Crippen LogP contribution in [0.4, 0.5) is 0 Å². The van der Waals surface area contributed by atoms with Gasteiger partial charge in [-0.25, -0.2) is 4.98 Å². The van der Waals surface area contributed by atoms with Gasteiger partial charge < -0.3 is 0 Å². The van der Waals surface area contributed by atoms with E-state index in [0.717, 1.165) is 10.4 Å². The van der Waals surface area contributed by atoms with E-state index in [0.29, 0.717) is 26.5 Å². The number of carbonyl (C=O) groups is 2. The molecule has 2 aromatic heterocycles. The van der Waals surface area contributed by atoms with Crippen molar-refractivity contribution in [2.24, 2.45) is 0 Å². The van der Waals surface area contributed by atoms with Gasteiger partial charge in [0, 0.05) is 10.9 Å². The summed E-state index contributed by atoms with van der Waals surface area (Å²) in [5, 5.41) is 1.17. The number of thiophene rings is 1. The quantitative estimate of drug-likeness (QED) is 0.367. The highest BCUT2D eigenvalue weighted by molar-refractivity contribution is 7.99. The number of hydrogen-bond donors (Lipinski definition) is 0. The molecule has 3 aromatic rings. The summed E-state index contributed by atoms with van der Waals surface area (Å²) in [5.74, 6) is -0.508. The molecule has 28 heavy (non-hydrogen) atoms. The van der Waals surface area contributed by atoms with Crippen LogP contribution in [0.5, 0.6) is 0 Å². The molecule has 0 spiro atoms. The van der Waals surface area contributed by atoms with Crippen molar-refractivity contribution < 1.29 is 9.59 Å². The van der Waals surface area contributed by atoms with Gasteiger partial charge in [-0.1, -0.05) is 23.9 Å². The third kappa shape index (κ3) is 2.79. The average Bonchev–Trinajstić information content (AvgIpc) is 3.07. The van der Waals surface area contributed by atoms with E-state index in [1.807, 2.05) is 27.7 Å². The van der Waals surface area contributed by atoms with Crippen molar-refractivity contribution in [1.82, 2.24) is 14.5 Å². The number of aryl methyl sites for hydroxylation is 2. The maximum atomic E-state index is 13.1. The molecule has 0 atom stereocenters. The predicted molar refractivity (Wildman–Crippen MR) is 111 cm³/mol. The number of fused-ring (bicyclic) bond motifs is 2. The molecule has 0 aliphatic carbocycles. The van der Waals surface area contributed by atoms with Crippen LogP contribution in [0.15, 0.2) is 34.2 Å². The van der Waals surface area contributed by atoms with Crippen molar-refractivity contribution in [1.29, 1.82) is 0 Å². The number of hydrogen-bond acceptors (Lipinski definition) is 6. The van der Waals surface area contributed by atoms with Gasteiger partial charge in [-0.05, 0) is 45.4 Å². The van der Waals surface area contributed by atoms with Gasteiger partial charge in [-0.15, -0.1) is 11.3 Å². The van der Waals surface area contributed by atoms with E-state index in [2.05, 4.69) is 0 Å². The molecular weight excluding hydrogens is 394 g/mol. The number of rotatable bonds is 4. The molecule has 0 bridgehead atoms. The Balaban J connectivity index is 1.71. The molecule has 3 heterocycles. The fourth-order valence-corrected chi connectivity index (χ4v) is 5.47. The Labute approximate surface area is 170 Å². The number of aromatic nitrogens is 2. The second-order valence-corrected chi connectivity index (χ2v) is 9.10. The molecule has 0 unspecified atom stereocenters. The van der Waals surface area contributed by atoms with Crippen LogP contribution in [0.3, 0.4) is 0 Å². The molecular formula is C20H19N3O3S2. The zero-order valence-corrected chi connectivity index (χ0v) is 17.6. The fraction of sp³-hybridized carbons (Fsp3) is 0.300. The van der Waals surface area contributed by atoms with Gasteiger partial charge in [0.25, 0.3) is 17.4 Å². The van der Waals surface area contributed by atoms with E-state index in [1.54, 1.807) is 28.8 Å². The molecule has 4 rings (SSSR count). The van der Waals surface area contributed by atoms with Crippen LogP contribution in [-0.2, 0) is 0 Å². The third-order valence-corrected chi connectivity index (χ3v) is 6.95. The summed E-state index contributed by atoms with van der Waals surface area (Å²) in [6.45, 7) is 7.77. The first-order valence-corrected chi connectivity index (χ1v) is 10.7. The first kappa shape index (κ1) is 18.9. The summed E-state index contributed by atoms with van der Waals surface area (Å²) < 4.78 is 1.64. The Morgan fingerprint density at radius 3 is 2.25 bits per heavy atom. The molecule has 8 heteroatoms. The molecule has 1 aliphatic rings. The van der Waals surface area contributed by atoms with Crippen molar-refractivity contribution in [2.45, 2.75) is 38.9 Å². The van der Waals surface area contributed by atoms with E-state index in [-0.39, 0.29) is 29.3 Å². The highest BCUT2D eigenvalue weighted by atomic mass is 32.2. The lowest BCUT2D eigenvalue weighted by atomic mass is 10.1. The lowest BCUT2D eigenvalue weighted by Gasteiger charge is -2.18. The summed E-state index contributed by atoms with van der Waals surface area (Å²) in [7, 11) is 0. The minimum atomic E-state index is -0.310. The second kappa shape index (κ2) is 6.86. The first-order valence-electron chi connectivity index (χ1n) is 8.91. The summed E-state index contributed by atoms with van der Waals surface area (Å²) in [6, 6.07) is 6.72.